The lowest BCUT2D eigenvalue weighted by atomic mass is 10.0. The lowest BCUT2D eigenvalue weighted by Gasteiger charge is -2.17. The Bertz CT molecular complexity index is 951. The number of nitrogens with zero attached hydrogens (tertiary/aromatic N) is 1. The van der Waals surface area contributed by atoms with Crippen LogP contribution in [0.2, 0.25) is 5.02 Å². The van der Waals surface area contributed by atoms with E-state index in [9.17, 15) is 13.6 Å². The summed E-state index contributed by atoms with van der Waals surface area (Å²) in [5, 5.41) is 2.79. The van der Waals surface area contributed by atoms with Crippen molar-refractivity contribution >= 4 is 23.2 Å². The van der Waals surface area contributed by atoms with Gasteiger partial charge in [-0.3, -0.25) is 9.78 Å². The molecule has 0 saturated carbocycles. The monoisotopic (exact) mass is 373 g/mol. The lowest BCUT2D eigenvalue weighted by molar-refractivity contribution is -0.118. The summed E-state index contributed by atoms with van der Waals surface area (Å²) in [6.07, 6.45) is 2.89. The van der Waals surface area contributed by atoms with Crippen molar-refractivity contribution in [2.75, 3.05) is 5.32 Å². The van der Waals surface area contributed by atoms with E-state index in [1.54, 1.807) is 30.3 Å². The molecular formula is C19H14ClF2N3O. The van der Waals surface area contributed by atoms with Crippen molar-refractivity contribution in [2.24, 2.45) is 5.73 Å². The average Bonchev–Trinajstić information content (AvgIpc) is 2.63. The average molecular weight is 374 g/mol. The first-order chi connectivity index (χ1) is 12.5. The molecule has 3 N–H and O–H groups in total. The molecule has 132 valence electrons. The van der Waals surface area contributed by atoms with Crippen LogP contribution in [0.3, 0.4) is 0 Å². The van der Waals surface area contributed by atoms with Crippen LogP contribution in [0, 0.1) is 11.6 Å². The van der Waals surface area contributed by atoms with Crippen LogP contribution in [0.1, 0.15) is 11.6 Å². The van der Waals surface area contributed by atoms with Gasteiger partial charge in [-0.1, -0.05) is 41.9 Å². The Labute approximate surface area is 153 Å². The Morgan fingerprint density at radius 2 is 1.81 bits per heavy atom. The largest absolute Gasteiger partial charge is 0.369 e. The van der Waals surface area contributed by atoms with Crippen molar-refractivity contribution in [1.82, 2.24) is 4.98 Å². The number of nitrogens with two attached hydrogens (primary N) is 1. The predicted molar refractivity (Wildman–Crippen MR) is 96.6 cm³/mol. The summed E-state index contributed by atoms with van der Waals surface area (Å²) in [7, 11) is 0. The minimum absolute atomic E-state index is 0.0999. The lowest BCUT2D eigenvalue weighted by Crippen LogP contribution is -2.27. The Morgan fingerprint density at radius 3 is 2.50 bits per heavy atom. The fourth-order valence-electron chi connectivity index (χ4n) is 2.54. The molecule has 0 aliphatic heterocycles. The number of hydrogen-bond acceptors (Lipinski definition) is 3. The number of primary amides is 1. The number of carbonyl (C=O) groups is 1. The number of hydrogen-bond donors (Lipinski definition) is 2. The molecular weight excluding hydrogens is 360 g/mol. The van der Waals surface area contributed by atoms with E-state index in [-0.39, 0.29) is 10.6 Å². The standard InChI is InChI=1S/C19H14ClF2N3O/c20-15-7-14(16(21)8-17(15)22)12-6-13(10-24-9-12)25-18(19(23)26)11-4-2-1-3-5-11/h1-10,18,25H,(H2,23,26). The van der Waals surface area contributed by atoms with Crippen LogP contribution in [0.5, 0.6) is 0 Å². The topological polar surface area (TPSA) is 68.0 Å². The number of pyridine rings is 1. The molecule has 3 aromatic rings. The number of nitrogens with one attached hydrogen (secondary N) is 1. The highest BCUT2D eigenvalue weighted by Gasteiger charge is 2.18. The fraction of sp³-hybridized carbons (Fsp3) is 0.0526. The summed E-state index contributed by atoms with van der Waals surface area (Å²) in [6, 6.07) is 11.6. The third kappa shape index (κ3) is 3.81. The summed E-state index contributed by atoms with van der Waals surface area (Å²) >= 11 is 5.74. The van der Waals surface area contributed by atoms with Crippen LogP contribution in [0.25, 0.3) is 11.1 Å². The summed E-state index contributed by atoms with van der Waals surface area (Å²) < 4.78 is 27.4. The van der Waals surface area contributed by atoms with Gasteiger partial charge in [0.2, 0.25) is 5.91 Å². The zero-order valence-corrected chi connectivity index (χ0v) is 14.2. The number of carbonyl (C=O) groups excluding carboxylic acids is 1. The van der Waals surface area contributed by atoms with Gasteiger partial charge in [-0.25, -0.2) is 8.78 Å². The number of anilines is 1. The molecule has 1 unspecified atom stereocenters. The van der Waals surface area contributed by atoms with Crippen molar-refractivity contribution in [1.29, 1.82) is 0 Å². The molecule has 4 nitrogen and oxygen atoms in total. The number of benzene rings is 2. The SMILES string of the molecule is NC(=O)C(Nc1cncc(-c2cc(Cl)c(F)cc2F)c1)c1ccccc1. The van der Waals surface area contributed by atoms with E-state index in [2.05, 4.69) is 10.3 Å². The molecule has 2 aromatic carbocycles. The minimum atomic E-state index is -0.840. The van der Waals surface area contributed by atoms with Crippen molar-refractivity contribution in [3.8, 4) is 11.1 Å². The summed E-state index contributed by atoms with van der Waals surface area (Å²) in [4.78, 5) is 15.9. The normalized spacial score (nSPS) is 11.8. The maximum absolute atomic E-state index is 14.1. The smallest absolute Gasteiger partial charge is 0.244 e. The van der Waals surface area contributed by atoms with Crippen molar-refractivity contribution in [2.45, 2.75) is 6.04 Å². The Hall–Kier alpha value is -2.99. The van der Waals surface area contributed by atoms with E-state index in [0.29, 0.717) is 22.9 Å². The van der Waals surface area contributed by atoms with Crippen LogP contribution < -0.4 is 11.1 Å². The van der Waals surface area contributed by atoms with E-state index in [1.807, 2.05) is 6.07 Å². The number of amides is 1. The summed E-state index contributed by atoms with van der Waals surface area (Å²) in [5.41, 5.74) is 7.10. The summed E-state index contributed by atoms with van der Waals surface area (Å²) in [6.45, 7) is 0. The molecule has 0 saturated heterocycles. The van der Waals surface area contributed by atoms with Gasteiger partial charge in [0.05, 0.1) is 16.9 Å². The van der Waals surface area contributed by atoms with Crippen molar-refractivity contribution < 1.29 is 13.6 Å². The Kier molecular flexibility index (Phi) is 5.14. The maximum Gasteiger partial charge on any atom is 0.244 e. The first kappa shape index (κ1) is 17.8. The molecule has 0 aliphatic carbocycles. The van der Waals surface area contributed by atoms with Gasteiger partial charge in [-0.05, 0) is 17.7 Å². The van der Waals surface area contributed by atoms with Gasteiger partial charge in [0, 0.05) is 23.4 Å². The first-order valence-corrected chi connectivity index (χ1v) is 8.04. The third-order valence-corrected chi connectivity index (χ3v) is 4.08. The van der Waals surface area contributed by atoms with Gasteiger partial charge in [-0.2, -0.15) is 0 Å². The summed E-state index contributed by atoms with van der Waals surface area (Å²) in [5.74, 6) is -2.18. The molecule has 26 heavy (non-hydrogen) atoms. The molecule has 1 amide bonds. The van der Waals surface area contributed by atoms with Crippen LogP contribution in [0.4, 0.5) is 14.5 Å². The molecule has 0 aliphatic rings. The highest BCUT2D eigenvalue weighted by Crippen LogP contribution is 2.30. The van der Waals surface area contributed by atoms with Gasteiger partial charge < -0.3 is 11.1 Å². The highest BCUT2D eigenvalue weighted by atomic mass is 35.5. The van der Waals surface area contributed by atoms with Crippen LogP contribution in [0.15, 0.2) is 60.9 Å². The molecule has 1 heterocycles. The van der Waals surface area contributed by atoms with Gasteiger partial charge in [0.1, 0.15) is 17.7 Å². The second-order valence-corrected chi connectivity index (χ2v) is 6.01. The highest BCUT2D eigenvalue weighted by molar-refractivity contribution is 6.31. The quantitative estimate of drug-likeness (QED) is 0.654. The van der Waals surface area contributed by atoms with E-state index < -0.39 is 23.6 Å². The number of rotatable bonds is 5. The first-order valence-electron chi connectivity index (χ1n) is 7.66. The van der Waals surface area contributed by atoms with E-state index >= 15 is 0 Å². The van der Waals surface area contributed by atoms with Crippen molar-refractivity contribution in [3.63, 3.8) is 0 Å². The molecule has 7 heteroatoms. The zero-order valence-electron chi connectivity index (χ0n) is 13.4. The third-order valence-electron chi connectivity index (χ3n) is 3.79. The number of aromatic nitrogens is 1. The predicted octanol–water partition coefficient (Wildman–Crippen LogP) is 4.32. The van der Waals surface area contributed by atoms with E-state index in [0.717, 1.165) is 0 Å². The van der Waals surface area contributed by atoms with Gasteiger partial charge in [0.15, 0.2) is 0 Å². The van der Waals surface area contributed by atoms with Crippen LogP contribution in [-0.4, -0.2) is 10.9 Å². The van der Waals surface area contributed by atoms with Crippen molar-refractivity contribution in [3.05, 3.63) is 83.1 Å². The molecule has 0 bridgehead atoms. The van der Waals surface area contributed by atoms with Gasteiger partial charge >= 0.3 is 0 Å². The Balaban J connectivity index is 1.95. The fourth-order valence-corrected chi connectivity index (χ4v) is 2.70. The molecule has 3 rings (SSSR count). The van der Waals surface area contributed by atoms with Crippen LogP contribution >= 0.6 is 11.6 Å². The van der Waals surface area contributed by atoms with Gasteiger partial charge in [0.25, 0.3) is 0 Å². The molecule has 1 atom stereocenters. The second-order valence-electron chi connectivity index (χ2n) is 5.60. The van der Waals surface area contributed by atoms with E-state index in [4.69, 9.17) is 17.3 Å². The Morgan fingerprint density at radius 1 is 1.08 bits per heavy atom. The zero-order chi connectivity index (χ0) is 18.7. The minimum Gasteiger partial charge on any atom is -0.369 e. The number of halogens is 3. The second kappa shape index (κ2) is 7.49. The van der Waals surface area contributed by atoms with Gasteiger partial charge in [-0.15, -0.1) is 0 Å². The maximum atomic E-state index is 14.1. The molecule has 0 spiro atoms. The molecule has 0 radical (unpaired) electrons. The van der Waals surface area contributed by atoms with E-state index in [1.165, 1.54) is 18.5 Å². The molecule has 0 fully saturated rings. The molecule has 1 aromatic heterocycles. The van der Waals surface area contributed by atoms with Crippen LogP contribution in [-0.2, 0) is 4.79 Å².